The third kappa shape index (κ3) is 4.72. The smallest absolute Gasteiger partial charge is 0.123 e. The van der Waals surface area contributed by atoms with E-state index in [9.17, 15) is 14.6 Å². The lowest BCUT2D eigenvalue weighted by atomic mass is 10.1. The van der Waals surface area contributed by atoms with E-state index in [1.807, 2.05) is 18.7 Å². The topological polar surface area (TPSA) is 43.7 Å². The van der Waals surface area contributed by atoms with Crippen molar-refractivity contribution in [2.45, 2.75) is 39.0 Å². The van der Waals surface area contributed by atoms with Crippen molar-refractivity contribution in [3.8, 4) is 0 Å². The summed E-state index contributed by atoms with van der Waals surface area (Å²) in [7, 11) is 0. The molecule has 3 nitrogen and oxygen atoms in total. The normalized spacial score (nSPS) is 15.1. The van der Waals surface area contributed by atoms with Crippen LogP contribution in [-0.4, -0.2) is 40.3 Å². The molecule has 1 aromatic carbocycles. The zero-order chi connectivity index (χ0) is 13.7. The summed E-state index contributed by atoms with van der Waals surface area (Å²) in [6.07, 6.45) is -1.20. The zero-order valence-electron chi connectivity index (χ0n) is 11.2. The maximum atomic E-state index is 13.1. The van der Waals surface area contributed by atoms with E-state index in [1.54, 1.807) is 19.1 Å². The molecule has 0 spiro atoms. The molecule has 0 saturated carbocycles. The Balaban J connectivity index is 2.69. The molecule has 0 saturated heterocycles. The summed E-state index contributed by atoms with van der Waals surface area (Å²) in [6.45, 7) is 6.58. The Morgan fingerprint density at radius 2 is 1.83 bits per heavy atom. The van der Waals surface area contributed by atoms with Crippen LogP contribution in [0.4, 0.5) is 4.39 Å². The van der Waals surface area contributed by atoms with E-state index in [-0.39, 0.29) is 11.9 Å². The first-order valence-corrected chi connectivity index (χ1v) is 6.25. The molecule has 18 heavy (non-hydrogen) atoms. The largest absolute Gasteiger partial charge is 0.392 e. The van der Waals surface area contributed by atoms with Crippen molar-refractivity contribution >= 4 is 0 Å². The summed E-state index contributed by atoms with van der Waals surface area (Å²) < 4.78 is 13.1. The fraction of sp³-hybridized carbons (Fsp3) is 0.571. The second kappa shape index (κ2) is 6.83. The SMILES string of the molecule is CC(O)CN(CC(O)c1cccc(F)c1)C(C)C. The summed E-state index contributed by atoms with van der Waals surface area (Å²) in [5, 5.41) is 19.5. The van der Waals surface area contributed by atoms with Crippen molar-refractivity contribution in [3.05, 3.63) is 35.6 Å². The highest BCUT2D eigenvalue weighted by Gasteiger charge is 2.17. The Labute approximate surface area is 108 Å². The maximum Gasteiger partial charge on any atom is 0.123 e. The van der Waals surface area contributed by atoms with E-state index in [1.165, 1.54) is 12.1 Å². The van der Waals surface area contributed by atoms with E-state index in [0.717, 1.165) is 0 Å². The van der Waals surface area contributed by atoms with Gasteiger partial charge in [-0.25, -0.2) is 4.39 Å². The minimum Gasteiger partial charge on any atom is -0.392 e. The van der Waals surface area contributed by atoms with Crippen LogP contribution in [0.25, 0.3) is 0 Å². The number of hydrogen-bond acceptors (Lipinski definition) is 3. The lowest BCUT2D eigenvalue weighted by Gasteiger charge is -2.29. The van der Waals surface area contributed by atoms with Gasteiger partial charge in [-0.3, -0.25) is 4.90 Å². The second-order valence-corrected chi connectivity index (χ2v) is 4.97. The molecule has 0 amide bonds. The average molecular weight is 255 g/mol. The Morgan fingerprint density at radius 3 is 2.33 bits per heavy atom. The predicted molar refractivity (Wildman–Crippen MR) is 69.7 cm³/mol. The lowest BCUT2D eigenvalue weighted by molar-refractivity contribution is 0.0586. The molecule has 1 rings (SSSR count). The van der Waals surface area contributed by atoms with Crippen LogP contribution in [0.3, 0.4) is 0 Å². The van der Waals surface area contributed by atoms with Crippen molar-refractivity contribution in [2.75, 3.05) is 13.1 Å². The summed E-state index contributed by atoms with van der Waals surface area (Å²) >= 11 is 0. The van der Waals surface area contributed by atoms with Gasteiger partial charge in [0.1, 0.15) is 5.82 Å². The lowest BCUT2D eigenvalue weighted by Crippen LogP contribution is -2.39. The van der Waals surface area contributed by atoms with Crippen LogP contribution in [0.5, 0.6) is 0 Å². The van der Waals surface area contributed by atoms with Crippen molar-refractivity contribution in [1.82, 2.24) is 4.90 Å². The van der Waals surface area contributed by atoms with Gasteiger partial charge in [0.05, 0.1) is 12.2 Å². The van der Waals surface area contributed by atoms with E-state index in [2.05, 4.69) is 0 Å². The molecule has 0 radical (unpaired) electrons. The molecule has 4 heteroatoms. The highest BCUT2D eigenvalue weighted by molar-refractivity contribution is 5.19. The highest BCUT2D eigenvalue weighted by atomic mass is 19.1. The van der Waals surface area contributed by atoms with Gasteiger partial charge in [-0.05, 0) is 38.5 Å². The average Bonchev–Trinajstić information content (AvgIpc) is 2.27. The molecular weight excluding hydrogens is 233 g/mol. The van der Waals surface area contributed by atoms with Gasteiger partial charge in [0, 0.05) is 19.1 Å². The zero-order valence-corrected chi connectivity index (χ0v) is 11.2. The number of nitrogens with zero attached hydrogens (tertiary/aromatic N) is 1. The molecule has 2 atom stereocenters. The molecule has 2 unspecified atom stereocenters. The molecule has 0 bridgehead atoms. The van der Waals surface area contributed by atoms with Crippen LogP contribution in [0, 0.1) is 5.82 Å². The van der Waals surface area contributed by atoms with Crippen LogP contribution in [0.2, 0.25) is 0 Å². The van der Waals surface area contributed by atoms with Gasteiger partial charge in [0.25, 0.3) is 0 Å². The van der Waals surface area contributed by atoms with E-state index in [0.29, 0.717) is 18.7 Å². The van der Waals surface area contributed by atoms with Crippen molar-refractivity contribution < 1.29 is 14.6 Å². The Morgan fingerprint density at radius 1 is 1.17 bits per heavy atom. The Bertz CT molecular complexity index is 369. The van der Waals surface area contributed by atoms with Crippen molar-refractivity contribution in [1.29, 1.82) is 0 Å². The quantitative estimate of drug-likeness (QED) is 0.816. The van der Waals surface area contributed by atoms with Gasteiger partial charge < -0.3 is 10.2 Å². The minimum absolute atomic E-state index is 0.211. The fourth-order valence-electron chi connectivity index (χ4n) is 1.88. The number of aliphatic hydroxyl groups excluding tert-OH is 2. The van der Waals surface area contributed by atoms with Crippen molar-refractivity contribution in [2.24, 2.45) is 0 Å². The van der Waals surface area contributed by atoms with Gasteiger partial charge in [0.2, 0.25) is 0 Å². The Kier molecular flexibility index (Phi) is 5.72. The maximum absolute atomic E-state index is 13.1. The molecule has 102 valence electrons. The fourth-order valence-corrected chi connectivity index (χ4v) is 1.88. The molecule has 0 aliphatic rings. The minimum atomic E-state index is -0.748. The predicted octanol–water partition coefficient (Wildman–Crippen LogP) is 1.95. The number of rotatable bonds is 6. The first kappa shape index (κ1) is 15.1. The number of halogens is 1. The van der Waals surface area contributed by atoms with E-state index >= 15 is 0 Å². The second-order valence-electron chi connectivity index (χ2n) is 4.97. The Hall–Kier alpha value is -0.970. The van der Waals surface area contributed by atoms with Crippen LogP contribution >= 0.6 is 0 Å². The van der Waals surface area contributed by atoms with Gasteiger partial charge >= 0.3 is 0 Å². The van der Waals surface area contributed by atoms with Crippen LogP contribution in [0.1, 0.15) is 32.4 Å². The summed E-state index contributed by atoms with van der Waals surface area (Å²) in [5.74, 6) is -0.349. The number of aliphatic hydroxyl groups is 2. The summed E-state index contributed by atoms with van der Waals surface area (Å²) in [5.41, 5.74) is 0.561. The van der Waals surface area contributed by atoms with Gasteiger partial charge in [0.15, 0.2) is 0 Å². The van der Waals surface area contributed by atoms with Gasteiger partial charge in [-0.1, -0.05) is 12.1 Å². The van der Waals surface area contributed by atoms with E-state index < -0.39 is 12.2 Å². The summed E-state index contributed by atoms with van der Waals surface area (Å²) in [6, 6.07) is 6.19. The third-order valence-electron chi connectivity index (χ3n) is 2.87. The molecule has 0 fully saturated rings. The van der Waals surface area contributed by atoms with Crippen LogP contribution < -0.4 is 0 Å². The van der Waals surface area contributed by atoms with Gasteiger partial charge in [-0.15, -0.1) is 0 Å². The standard InChI is InChI=1S/C14H22FNO2/c1-10(2)16(8-11(3)17)9-14(18)12-5-4-6-13(15)7-12/h4-7,10-11,14,17-18H,8-9H2,1-3H3. The number of hydrogen-bond donors (Lipinski definition) is 2. The highest BCUT2D eigenvalue weighted by Crippen LogP contribution is 2.16. The monoisotopic (exact) mass is 255 g/mol. The van der Waals surface area contributed by atoms with Gasteiger partial charge in [-0.2, -0.15) is 0 Å². The molecule has 0 aliphatic carbocycles. The van der Waals surface area contributed by atoms with Crippen LogP contribution in [-0.2, 0) is 0 Å². The first-order chi connectivity index (χ1) is 8.40. The van der Waals surface area contributed by atoms with E-state index in [4.69, 9.17) is 0 Å². The van der Waals surface area contributed by atoms with Crippen LogP contribution in [0.15, 0.2) is 24.3 Å². The first-order valence-electron chi connectivity index (χ1n) is 6.25. The molecular formula is C14H22FNO2. The molecule has 0 aromatic heterocycles. The number of benzene rings is 1. The van der Waals surface area contributed by atoms with Crippen molar-refractivity contribution in [3.63, 3.8) is 0 Å². The molecule has 1 aromatic rings. The molecule has 2 N–H and O–H groups in total. The third-order valence-corrected chi connectivity index (χ3v) is 2.87. The molecule has 0 aliphatic heterocycles. The summed E-state index contributed by atoms with van der Waals surface area (Å²) in [4.78, 5) is 1.97. The molecule has 0 heterocycles.